The Morgan fingerprint density at radius 2 is 1.69 bits per heavy atom. The van der Waals surface area contributed by atoms with Crippen LogP contribution in [0.25, 0.3) is 22.3 Å². The first-order chi connectivity index (χ1) is 15.2. The zero-order chi connectivity index (χ0) is 23.0. The minimum atomic E-state index is -4.92. The molecule has 2 aromatic heterocycles. The van der Waals surface area contributed by atoms with E-state index >= 15 is 0 Å². The first-order valence-electron chi connectivity index (χ1n) is 9.36. The van der Waals surface area contributed by atoms with Crippen LogP contribution in [0, 0.1) is 11.6 Å². The lowest BCUT2D eigenvalue weighted by atomic mass is 10.1. The van der Waals surface area contributed by atoms with E-state index in [4.69, 9.17) is 0 Å². The highest BCUT2D eigenvalue weighted by atomic mass is 19.4. The van der Waals surface area contributed by atoms with Gasteiger partial charge in [0.15, 0.2) is 17.3 Å². The Labute approximate surface area is 177 Å². The van der Waals surface area contributed by atoms with E-state index in [0.717, 1.165) is 22.9 Å². The summed E-state index contributed by atoms with van der Waals surface area (Å²) in [5, 5.41) is 9.40. The molecule has 4 rings (SSSR count). The molecule has 0 amide bonds. The number of hydrogen-bond donors (Lipinski definition) is 1. The van der Waals surface area contributed by atoms with Gasteiger partial charge in [-0.15, -0.1) is 0 Å². The Kier molecular flexibility index (Phi) is 5.37. The standard InChI is InChI=1S/C22H14F5N3O2/c23-14-6-2-1-4-12(14)9-11-30-20(13-5-3-7-15(24)18(13)31)29-16-8-10-28-19(22(25,26)27)17(16)21(30)32/h1-8,10,31H,9,11H2. The molecular formula is C22H14F5N3O2. The number of hydrogen-bond acceptors (Lipinski definition) is 4. The van der Waals surface area contributed by atoms with E-state index in [-0.39, 0.29) is 35.4 Å². The van der Waals surface area contributed by atoms with Gasteiger partial charge in [-0.05, 0) is 36.2 Å². The number of pyridine rings is 1. The Morgan fingerprint density at radius 3 is 2.41 bits per heavy atom. The highest BCUT2D eigenvalue weighted by Gasteiger charge is 2.36. The second-order valence-corrected chi connectivity index (χ2v) is 6.92. The Hall–Kier alpha value is -3.82. The van der Waals surface area contributed by atoms with E-state index in [9.17, 15) is 31.9 Å². The van der Waals surface area contributed by atoms with Crippen molar-refractivity contribution in [3.63, 3.8) is 0 Å². The number of phenolic OH excluding ortho intramolecular Hbond substituents is 1. The van der Waals surface area contributed by atoms with Gasteiger partial charge in [-0.25, -0.2) is 13.8 Å². The molecule has 164 valence electrons. The number of aryl methyl sites for hydroxylation is 1. The maximum absolute atomic E-state index is 14.1. The fourth-order valence-corrected chi connectivity index (χ4v) is 3.42. The van der Waals surface area contributed by atoms with Gasteiger partial charge in [0.2, 0.25) is 0 Å². The summed E-state index contributed by atoms with van der Waals surface area (Å²) < 4.78 is 69.4. The highest BCUT2D eigenvalue weighted by Crippen LogP contribution is 2.34. The number of rotatable bonds is 4. The summed E-state index contributed by atoms with van der Waals surface area (Å²) in [6, 6.07) is 10.4. The number of alkyl halides is 3. The molecule has 0 aliphatic rings. The van der Waals surface area contributed by atoms with Crippen molar-refractivity contribution in [2.75, 3.05) is 0 Å². The van der Waals surface area contributed by atoms with Gasteiger partial charge in [0, 0.05) is 12.7 Å². The Balaban J connectivity index is 1.99. The number of nitrogens with zero attached hydrogens (tertiary/aromatic N) is 3. The van der Waals surface area contributed by atoms with Crippen LogP contribution in [0.1, 0.15) is 11.3 Å². The van der Waals surface area contributed by atoms with E-state index in [2.05, 4.69) is 9.97 Å². The topological polar surface area (TPSA) is 68.0 Å². The fraction of sp³-hybridized carbons (Fsp3) is 0.136. The van der Waals surface area contributed by atoms with Crippen LogP contribution in [-0.2, 0) is 19.1 Å². The molecule has 0 spiro atoms. The number of halogens is 5. The summed E-state index contributed by atoms with van der Waals surface area (Å²) in [4.78, 5) is 20.6. The molecule has 0 atom stereocenters. The zero-order valence-electron chi connectivity index (χ0n) is 16.2. The van der Waals surface area contributed by atoms with Crippen LogP contribution in [0.4, 0.5) is 22.0 Å². The highest BCUT2D eigenvalue weighted by molar-refractivity contribution is 5.82. The number of para-hydroxylation sites is 1. The molecule has 0 fully saturated rings. The molecule has 2 aromatic carbocycles. The molecule has 5 nitrogen and oxygen atoms in total. The molecule has 2 heterocycles. The average Bonchev–Trinajstić information content (AvgIpc) is 2.75. The molecule has 0 bridgehead atoms. The molecule has 0 unspecified atom stereocenters. The number of phenols is 1. The number of fused-ring (bicyclic) bond motifs is 1. The predicted octanol–water partition coefficient (Wildman–Crippen LogP) is 4.70. The molecule has 0 radical (unpaired) electrons. The van der Waals surface area contributed by atoms with Gasteiger partial charge in [0.05, 0.1) is 16.5 Å². The quantitative estimate of drug-likeness (QED) is 0.461. The monoisotopic (exact) mass is 447 g/mol. The minimum Gasteiger partial charge on any atom is -0.504 e. The third-order valence-electron chi connectivity index (χ3n) is 4.93. The lowest BCUT2D eigenvalue weighted by Gasteiger charge is -2.16. The van der Waals surface area contributed by atoms with E-state index < -0.39 is 40.2 Å². The zero-order valence-corrected chi connectivity index (χ0v) is 16.2. The van der Waals surface area contributed by atoms with Gasteiger partial charge >= 0.3 is 6.18 Å². The summed E-state index contributed by atoms with van der Waals surface area (Å²) in [5.74, 6) is -2.62. The summed E-state index contributed by atoms with van der Waals surface area (Å²) in [6.07, 6.45) is -4.13. The van der Waals surface area contributed by atoms with Crippen LogP contribution in [0.2, 0.25) is 0 Å². The largest absolute Gasteiger partial charge is 0.504 e. The predicted molar refractivity (Wildman–Crippen MR) is 106 cm³/mol. The van der Waals surface area contributed by atoms with Crippen LogP contribution >= 0.6 is 0 Å². The second-order valence-electron chi connectivity index (χ2n) is 6.92. The molecule has 4 aromatic rings. The number of aromatic hydroxyl groups is 1. The number of benzene rings is 2. The van der Waals surface area contributed by atoms with Gasteiger partial charge in [0.1, 0.15) is 11.6 Å². The van der Waals surface area contributed by atoms with Crippen molar-refractivity contribution in [1.82, 2.24) is 14.5 Å². The van der Waals surface area contributed by atoms with Crippen molar-refractivity contribution < 1.29 is 27.1 Å². The molecule has 0 aliphatic heterocycles. The third-order valence-corrected chi connectivity index (χ3v) is 4.93. The smallest absolute Gasteiger partial charge is 0.434 e. The van der Waals surface area contributed by atoms with Crippen molar-refractivity contribution >= 4 is 10.9 Å². The number of aromatic nitrogens is 3. The van der Waals surface area contributed by atoms with Gasteiger partial charge in [-0.2, -0.15) is 13.2 Å². The van der Waals surface area contributed by atoms with E-state index in [1.165, 1.54) is 30.3 Å². The van der Waals surface area contributed by atoms with Crippen molar-refractivity contribution in [2.24, 2.45) is 0 Å². The summed E-state index contributed by atoms with van der Waals surface area (Å²) in [5.41, 5.74) is -2.80. The normalized spacial score (nSPS) is 11.8. The van der Waals surface area contributed by atoms with Gasteiger partial charge in [-0.1, -0.05) is 24.3 Å². The van der Waals surface area contributed by atoms with Crippen LogP contribution in [0.3, 0.4) is 0 Å². The molecule has 0 aliphatic carbocycles. The molecule has 0 saturated carbocycles. The molecule has 1 N–H and O–H groups in total. The fourth-order valence-electron chi connectivity index (χ4n) is 3.42. The van der Waals surface area contributed by atoms with Crippen molar-refractivity contribution in [3.8, 4) is 17.1 Å². The molecule has 10 heteroatoms. The van der Waals surface area contributed by atoms with E-state index in [0.29, 0.717) is 0 Å². The van der Waals surface area contributed by atoms with Crippen LogP contribution in [-0.4, -0.2) is 19.6 Å². The van der Waals surface area contributed by atoms with Crippen molar-refractivity contribution in [2.45, 2.75) is 19.1 Å². The maximum Gasteiger partial charge on any atom is 0.434 e. The maximum atomic E-state index is 14.1. The van der Waals surface area contributed by atoms with Crippen LogP contribution < -0.4 is 5.56 Å². The van der Waals surface area contributed by atoms with Crippen LogP contribution in [0.5, 0.6) is 5.75 Å². The summed E-state index contributed by atoms with van der Waals surface area (Å²) in [6.45, 7) is -0.278. The third kappa shape index (κ3) is 3.79. The molecule has 0 saturated heterocycles. The van der Waals surface area contributed by atoms with E-state index in [1.807, 2.05) is 0 Å². The summed E-state index contributed by atoms with van der Waals surface area (Å²) in [7, 11) is 0. The van der Waals surface area contributed by atoms with E-state index in [1.54, 1.807) is 6.07 Å². The molecular weight excluding hydrogens is 433 g/mol. The first kappa shape index (κ1) is 21.4. The lowest BCUT2D eigenvalue weighted by Crippen LogP contribution is -2.27. The second kappa shape index (κ2) is 8.03. The Bertz CT molecular complexity index is 1380. The van der Waals surface area contributed by atoms with Gasteiger partial charge in [-0.3, -0.25) is 14.3 Å². The van der Waals surface area contributed by atoms with Crippen molar-refractivity contribution in [1.29, 1.82) is 0 Å². The van der Waals surface area contributed by atoms with Gasteiger partial charge in [0.25, 0.3) is 5.56 Å². The van der Waals surface area contributed by atoms with Crippen LogP contribution in [0.15, 0.2) is 59.5 Å². The first-order valence-corrected chi connectivity index (χ1v) is 9.36. The van der Waals surface area contributed by atoms with Gasteiger partial charge < -0.3 is 5.11 Å². The molecule has 32 heavy (non-hydrogen) atoms. The minimum absolute atomic E-state index is 0.0650. The summed E-state index contributed by atoms with van der Waals surface area (Å²) >= 11 is 0. The SMILES string of the molecule is O=c1c2c(C(F)(F)F)nccc2nc(-c2cccc(F)c2O)n1CCc1ccccc1F. The van der Waals surface area contributed by atoms with Crippen molar-refractivity contribution in [3.05, 3.63) is 88.0 Å². The lowest BCUT2D eigenvalue weighted by molar-refractivity contribution is -0.139. The average molecular weight is 447 g/mol. The Morgan fingerprint density at radius 1 is 0.969 bits per heavy atom.